The van der Waals surface area contributed by atoms with Gasteiger partial charge in [-0.1, -0.05) is 43.8 Å². The molecule has 102 valence electrons. The van der Waals surface area contributed by atoms with E-state index in [-0.39, 0.29) is 6.61 Å². The normalized spacial score (nSPS) is 11.2. The molecule has 0 saturated heterocycles. The molecule has 0 atom stereocenters. The zero-order valence-electron chi connectivity index (χ0n) is 11.6. The molecule has 4 heteroatoms. The Morgan fingerprint density at radius 1 is 1.26 bits per heavy atom. The summed E-state index contributed by atoms with van der Waals surface area (Å²) in [5.74, 6) is 1.11. The summed E-state index contributed by atoms with van der Waals surface area (Å²) in [6.07, 6.45) is 0. The molecule has 0 radical (unpaired) electrons. The molecule has 1 N–H and O–H groups in total. The number of rotatable bonds is 5. The summed E-state index contributed by atoms with van der Waals surface area (Å²) in [5.41, 5.74) is 1.07. The monoisotopic (exact) mass is 276 g/mol. The van der Waals surface area contributed by atoms with Crippen molar-refractivity contribution >= 4 is 11.8 Å². The summed E-state index contributed by atoms with van der Waals surface area (Å²) in [5, 5.41) is 10.6. The third-order valence-electron chi connectivity index (χ3n) is 2.99. The Kier molecular flexibility index (Phi) is 4.66. The van der Waals surface area contributed by atoms with Crippen molar-refractivity contribution in [3.8, 4) is 0 Å². The zero-order chi connectivity index (χ0) is 13.8. The third kappa shape index (κ3) is 3.01. The van der Waals surface area contributed by atoms with E-state index in [1.807, 2.05) is 18.2 Å². The smallest absolute Gasteiger partial charge is 0.135 e. The van der Waals surface area contributed by atoms with Crippen LogP contribution >= 0.6 is 11.8 Å². The minimum absolute atomic E-state index is 0.0110. The van der Waals surface area contributed by atoms with Gasteiger partial charge in [-0.3, -0.25) is 0 Å². The van der Waals surface area contributed by atoms with Crippen LogP contribution in [0, 0.1) is 0 Å². The highest BCUT2D eigenvalue weighted by atomic mass is 32.2. The van der Waals surface area contributed by atoms with Gasteiger partial charge in [-0.05, 0) is 25.0 Å². The van der Waals surface area contributed by atoms with Crippen LogP contribution in [0.2, 0.25) is 0 Å². The molecular formula is C15H20N2OS. The van der Waals surface area contributed by atoms with Crippen LogP contribution in [0.1, 0.15) is 38.2 Å². The summed E-state index contributed by atoms with van der Waals surface area (Å²) in [4.78, 5) is 5.78. The van der Waals surface area contributed by atoms with Gasteiger partial charge in [0.05, 0.1) is 5.69 Å². The molecule has 2 aromatic rings. The number of hydrogen-bond acceptors (Lipinski definition) is 3. The average Bonchev–Trinajstić information content (AvgIpc) is 2.77. The van der Waals surface area contributed by atoms with Crippen molar-refractivity contribution < 1.29 is 5.11 Å². The number of hydrogen-bond donors (Lipinski definition) is 1. The maximum atomic E-state index is 9.44. The SMILES string of the molecule is CCn1c(CO)nc(C(C)C)c1Sc1ccccc1. The first-order valence-corrected chi connectivity index (χ1v) is 7.42. The molecule has 0 saturated carbocycles. The second kappa shape index (κ2) is 6.26. The Morgan fingerprint density at radius 2 is 1.95 bits per heavy atom. The lowest BCUT2D eigenvalue weighted by Gasteiger charge is -2.10. The van der Waals surface area contributed by atoms with Gasteiger partial charge in [0.1, 0.15) is 17.5 Å². The molecule has 0 spiro atoms. The third-order valence-corrected chi connectivity index (χ3v) is 4.12. The molecule has 0 unspecified atom stereocenters. The van der Waals surface area contributed by atoms with E-state index in [0.29, 0.717) is 5.92 Å². The first-order chi connectivity index (χ1) is 9.17. The number of aliphatic hydroxyl groups excluding tert-OH is 1. The van der Waals surface area contributed by atoms with Gasteiger partial charge in [0.2, 0.25) is 0 Å². The minimum Gasteiger partial charge on any atom is -0.388 e. The summed E-state index contributed by atoms with van der Waals surface area (Å²) in [6.45, 7) is 7.17. The summed E-state index contributed by atoms with van der Waals surface area (Å²) < 4.78 is 2.10. The van der Waals surface area contributed by atoms with Crippen LogP contribution in [0.5, 0.6) is 0 Å². The van der Waals surface area contributed by atoms with Crippen LogP contribution < -0.4 is 0 Å². The molecule has 0 aliphatic carbocycles. The van der Waals surface area contributed by atoms with Crippen LogP contribution in [0.25, 0.3) is 0 Å². The standard InChI is InChI=1S/C15H20N2OS/c1-4-17-13(10-18)16-14(11(2)3)15(17)19-12-8-6-5-7-9-12/h5-9,11,18H,4,10H2,1-3H3. The molecule has 0 aliphatic heterocycles. The number of aromatic nitrogens is 2. The van der Waals surface area contributed by atoms with Gasteiger partial charge in [0, 0.05) is 11.4 Å². The van der Waals surface area contributed by atoms with E-state index < -0.39 is 0 Å². The molecule has 19 heavy (non-hydrogen) atoms. The van der Waals surface area contributed by atoms with E-state index in [4.69, 9.17) is 0 Å². The number of nitrogens with zero attached hydrogens (tertiary/aromatic N) is 2. The van der Waals surface area contributed by atoms with Crippen molar-refractivity contribution in [2.45, 2.75) is 49.8 Å². The Bertz CT molecular complexity index is 535. The Labute approximate surface area is 118 Å². The van der Waals surface area contributed by atoms with E-state index in [1.165, 1.54) is 4.90 Å². The van der Waals surface area contributed by atoms with E-state index in [1.54, 1.807) is 11.8 Å². The fourth-order valence-corrected chi connectivity index (χ4v) is 3.28. The summed E-state index contributed by atoms with van der Waals surface area (Å²) in [7, 11) is 0. The lowest BCUT2D eigenvalue weighted by Crippen LogP contribution is -2.02. The largest absolute Gasteiger partial charge is 0.388 e. The van der Waals surface area contributed by atoms with Gasteiger partial charge in [0.15, 0.2) is 0 Å². The maximum Gasteiger partial charge on any atom is 0.135 e. The van der Waals surface area contributed by atoms with Crippen LogP contribution in [0.4, 0.5) is 0 Å². The Hall–Kier alpha value is -1.26. The van der Waals surface area contributed by atoms with Crippen LogP contribution in [-0.4, -0.2) is 14.7 Å². The lowest BCUT2D eigenvalue weighted by molar-refractivity contribution is 0.264. The number of benzene rings is 1. The zero-order valence-corrected chi connectivity index (χ0v) is 12.4. The van der Waals surface area contributed by atoms with Gasteiger partial charge >= 0.3 is 0 Å². The first-order valence-electron chi connectivity index (χ1n) is 6.60. The van der Waals surface area contributed by atoms with E-state index >= 15 is 0 Å². The highest BCUT2D eigenvalue weighted by Gasteiger charge is 2.18. The van der Waals surface area contributed by atoms with E-state index in [0.717, 1.165) is 23.1 Å². The van der Waals surface area contributed by atoms with Crippen molar-refractivity contribution in [2.24, 2.45) is 0 Å². The molecule has 0 amide bonds. The van der Waals surface area contributed by atoms with Gasteiger partial charge in [-0.2, -0.15) is 0 Å². The van der Waals surface area contributed by atoms with Crippen molar-refractivity contribution in [1.82, 2.24) is 9.55 Å². The molecule has 0 bridgehead atoms. The highest BCUT2D eigenvalue weighted by molar-refractivity contribution is 7.99. The highest BCUT2D eigenvalue weighted by Crippen LogP contribution is 2.34. The molecule has 1 heterocycles. The van der Waals surface area contributed by atoms with Crippen molar-refractivity contribution in [2.75, 3.05) is 0 Å². The predicted molar refractivity (Wildman–Crippen MR) is 78.5 cm³/mol. The van der Waals surface area contributed by atoms with Crippen molar-refractivity contribution in [1.29, 1.82) is 0 Å². The van der Waals surface area contributed by atoms with Crippen molar-refractivity contribution in [3.63, 3.8) is 0 Å². The molecule has 1 aromatic heterocycles. The van der Waals surface area contributed by atoms with Gasteiger partial charge < -0.3 is 9.67 Å². The molecular weight excluding hydrogens is 256 g/mol. The quantitative estimate of drug-likeness (QED) is 0.905. The fraction of sp³-hybridized carbons (Fsp3) is 0.400. The maximum absolute atomic E-state index is 9.44. The average molecular weight is 276 g/mol. The minimum atomic E-state index is -0.0110. The van der Waals surface area contributed by atoms with Gasteiger partial charge in [-0.25, -0.2) is 4.98 Å². The molecule has 3 nitrogen and oxygen atoms in total. The van der Waals surface area contributed by atoms with Gasteiger partial charge in [-0.15, -0.1) is 0 Å². The fourth-order valence-electron chi connectivity index (χ4n) is 2.03. The summed E-state index contributed by atoms with van der Waals surface area (Å²) in [6, 6.07) is 10.3. The van der Waals surface area contributed by atoms with Crippen LogP contribution in [0.15, 0.2) is 40.3 Å². The number of imidazole rings is 1. The summed E-state index contributed by atoms with van der Waals surface area (Å²) >= 11 is 1.72. The van der Waals surface area contributed by atoms with Crippen molar-refractivity contribution in [3.05, 3.63) is 41.9 Å². The van der Waals surface area contributed by atoms with Gasteiger partial charge in [0.25, 0.3) is 0 Å². The molecule has 0 fully saturated rings. The number of aliphatic hydroxyl groups is 1. The first kappa shape index (κ1) is 14.2. The lowest BCUT2D eigenvalue weighted by atomic mass is 10.1. The second-order valence-corrected chi connectivity index (χ2v) is 5.75. The van der Waals surface area contributed by atoms with E-state index in [9.17, 15) is 5.11 Å². The second-order valence-electron chi connectivity index (χ2n) is 4.69. The topological polar surface area (TPSA) is 38.0 Å². The molecule has 0 aliphatic rings. The molecule has 2 rings (SSSR count). The van der Waals surface area contributed by atoms with Crippen LogP contribution in [-0.2, 0) is 13.2 Å². The Balaban J connectivity index is 2.44. The molecule has 1 aromatic carbocycles. The van der Waals surface area contributed by atoms with Crippen LogP contribution in [0.3, 0.4) is 0 Å². The Morgan fingerprint density at radius 3 is 2.47 bits per heavy atom. The van der Waals surface area contributed by atoms with E-state index in [2.05, 4.69) is 42.5 Å². The predicted octanol–water partition coefficient (Wildman–Crippen LogP) is 3.67.